The molecule has 9 aromatic carbocycles. The SMILES string of the molecule is CCON=C1CCCC/C=C/CC(c2ccccc2)OC(=O)c2c(O)cc(O)cc2C1.COC(=O)CON=C1/C=C/CC/C=C/CC(c2ccccc2)OC(=O)c2c(O)cc(O)cc2C1.COC(=O)CON=C1/C=C/CC/C=C/C[C@@H](c2ccccc2)OC(=O)c2c(O)cc(O)cc2C1.O=C1O[C@@H](c2ccccc2)C/C=C/CC/C=C/C(=NOCc2ccccc2)Cc2cc(O)cc(O)c21. The Morgan fingerprint density at radius 2 is 0.622 bits per heavy atom. The molecule has 4 aliphatic rings. The second-order valence-corrected chi connectivity index (χ2v) is 31.2. The molecule has 8 N–H and O–H groups in total. The standard InChI is InChI=1S/C30H29NO5.2C26H27NO7.C25H29NO5/c32-26-19-24-18-25(31-35-21-22-12-6-4-7-13-22)16-10-2-1-3-11-17-28(23-14-8-5-9-15-23)36-30(34)29(24)27(33)20-26;2*1-32-24(30)17-33-27-20-12-8-3-2-4-9-13-23(18-10-6-5-7-11-18)34-26(31)25-19(14-20)15-21(28)16-22(25)29;1-2-30-26-20-13-9-4-3-5-10-14-23(18-11-7-6-8-12-18)31-25(29)24-19(15-20)16-21(27)17-22(24)28/h3-16,19-20,28,32-33H,1-2,17-18,21H2;2*4-12,15-16,23,28-29H,2-3,13-14,17H2,1H3;5-8,10-12,16-17,23,27-28H,2-4,9,13-15H2,1H3/b11-3+,16-10+,31-25?;2*9-4+,12-8+,27-20?;10-5+,26-20?/t28-;23-;;/m10../s1. The smallest absolute Gasteiger partial charge is 0.346 e. The van der Waals surface area contributed by atoms with Crippen LogP contribution >= 0.6 is 0 Å². The first-order chi connectivity index (χ1) is 65.6. The van der Waals surface area contributed by atoms with Crippen LogP contribution in [0.15, 0.2) is 306 Å². The second-order valence-electron chi connectivity index (χ2n) is 31.2. The van der Waals surface area contributed by atoms with E-state index in [0.717, 1.165) is 116 Å². The summed E-state index contributed by atoms with van der Waals surface area (Å²) in [7, 11) is 2.48. The Morgan fingerprint density at radius 3 is 0.933 bits per heavy atom. The van der Waals surface area contributed by atoms with E-state index in [4.69, 9.17) is 38.3 Å². The molecule has 4 aliphatic heterocycles. The maximum atomic E-state index is 13.3. The van der Waals surface area contributed by atoms with E-state index in [2.05, 4.69) is 42.2 Å². The molecule has 4 heterocycles. The van der Waals surface area contributed by atoms with Crippen LogP contribution in [0.25, 0.3) is 0 Å². The van der Waals surface area contributed by atoms with E-state index in [-0.39, 0.29) is 95.6 Å². The molecule has 0 saturated carbocycles. The number of carbonyl (C=O) groups excluding carboxylic acids is 6. The summed E-state index contributed by atoms with van der Waals surface area (Å²) in [5.41, 5.74) is 7.76. The number of rotatable bonds is 15. The highest BCUT2D eigenvalue weighted by molar-refractivity contribution is 6.03. The van der Waals surface area contributed by atoms with Crippen molar-refractivity contribution in [1.82, 2.24) is 0 Å². The number of hydrogen-bond donors (Lipinski definition) is 8. The van der Waals surface area contributed by atoms with Crippen LogP contribution in [0, 0.1) is 0 Å². The van der Waals surface area contributed by atoms with Gasteiger partial charge in [-0.05, 0) is 164 Å². The summed E-state index contributed by atoms with van der Waals surface area (Å²) in [5, 5.41) is 98.9. The Labute approximate surface area is 783 Å². The molecular weight excluding hydrogens is 1730 g/mol. The van der Waals surface area contributed by atoms with Gasteiger partial charge < -0.3 is 88.6 Å². The van der Waals surface area contributed by atoms with Crippen molar-refractivity contribution < 1.29 is 117 Å². The number of phenols is 8. The fourth-order valence-corrected chi connectivity index (χ4v) is 14.5. The molecule has 28 heteroatoms. The molecule has 13 rings (SSSR count). The molecule has 0 aromatic heterocycles. The van der Waals surface area contributed by atoms with Crippen LogP contribution in [0.2, 0.25) is 0 Å². The number of ether oxygens (including phenoxy) is 6. The van der Waals surface area contributed by atoms with Gasteiger partial charge in [0.2, 0.25) is 13.2 Å². The summed E-state index contributed by atoms with van der Waals surface area (Å²) in [6, 6.07) is 57.5. The highest BCUT2D eigenvalue weighted by Crippen LogP contribution is 2.38. The summed E-state index contributed by atoms with van der Waals surface area (Å²) < 4.78 is 32.4. The van der Waals surface area contributed by atoms with Crippen LogP contribution in [-0.4, -0.2) is 134 Å². The summed E-state index contributed by atoms with van der Waals surface area (Å²) >= 11 is 0. The Bertz CT molecular complexity index is 5590. The minimum atomic E-state index is -0.731. The normalized spacial score (nSPS) is 19.9. The molecule has 0 bridgehead atoms. The van der Waals surface area contributed by atoms with Crippen LogP contribution < -0.4 is 0 Å². The van der Waals surface area contributed by atoms with Crippen molar-refractivity contribution >= 4 is 58.7 Å². The number of hydrogen-bond acceptors (Lipinski definition) is 28. The van der Waals surface area contributed by atoms with E-state index in [1.807, 2.05) is 219 Å². The highest BCUT2D eigenvalue weighted by atomic mass is 16.7. The number of aromatic hydroxyl groups is 8. The number of carbonyl (C=O) groups is 6. The van der Waals surface area contributed by atoms with Crippen LogP contribution in [0.1, 0.15) is 213 Å². The predicted octanol–water partition coefficient (Wildman–Crippen LogP) is 20.6. The molecule has 2 unspecified atom stereocenters. The molecule has 0 amide bonds. The molecule has 0 spiro atoms. The van der Waals surface area contributed by atoms with Crippen molar-refractivity contribution in [2.75, 3.05) is 34.0 Å². The number of methoxy groups -OCH3 is 2. The summed E-state index contributed by atoms with van der Waals surface area (Å²) in [5.74, 6) is -6.15. The maximum absolute atomic E-state index is 13.3. The minimum Gasteiger partial charge on any atom is -0.508 e. The fourth-order valence-electron chi connectivity index (χ4n) is 14.5. The zero-order valence-corrected chi connectivity index (χ0v) is 75.4. The monoisotopic (exact) mass is 1840 g/mol. The summed E-state index contributed by atoms with van der Waals surface area (Å²) in [4.78, 5) is 96.6. The number of nitrogens with zero attached hydrogens (tertiary/aromatic N) is 4. The molecule has 0 radical (unpaired) electrons. The summed E-state index contributed by atoms with van der Waals surface area (Å²) in [6.45, 7) is 1.82. The Balaban J connectivity index is 0.000000186. The van der Waals surface area contributed by atoms with Gasteiger partial charge in [0.15, 0.2) is 0 Å². The second kappa shape index (κ2) is 54.8. The van der Waals surface area contributed by atoms with Crippen molar-refractivity contribution in [3.8, 4) is 46.0 Å². The van der Waals surface area contributed by atoms with E-state index < -0.39 is 71.7 Å². The molecule has 4 atom stereocenters. The molecule has 704 valence electrons. The number of esters is 6. The molecule has 28 nitrogen and oxygen atoms in total. The highest BCUT2D eigenvalue weighted by Gasteiger charge is 2.30. The van der Waals surface area contributed by atoms with Crippen molar-refractivity contribution in [3.05, 3.63) is 358 Å². The zero-order valence-electron chi connectivity index (χ0n) is 75.4. The van der Waals surface area contributed by atoms with Gasteiger partial charge in [-0.25, -0.2) is 28.8 Å². The molecule has 0 aliphatic carbocycles. The average molecular weight is 1840 g/mol. The summed E-state index contributed by atoms with van der Waals surface area (Å²) in [6.07, 6.45) is 35.7. The van der Waals surface area contributed by atoms with Crippen LogP contribution in [-0.2, 0) is 89.7 Å². The third kappa shape index (κ3) is 33.6. The lowest BCUT2D eigenvalue weighted by atomic mass is 9.97. The lowest BCUT2D eigenvalue weighted by molar-refractivity contribution is -0.146. The van der Waals surface area contributed by atoms with Crippen LogP contribution in [0.5, 0.6) is 46.0 Å². The Kier molecular flexibility index (Phi) is 41.2. The molecule has 9 aromatic rings. The quantitative estimate of drug-likeness (QED) is 0.0204. The van der Waals surface area contributed by atoms with Gasteiger partial charge >= 0.3 is 35.8 Å². The van der Waals surface area contributed by atoms with Gasteiger partial charge in [-0.2, -0.15) is 0 Å². The molecule has 135 heavy (non-hydrogen) atoms. The Hall–Kier alpha value is -15.7. The third-order valence-electron chi connectivity index (χ3n) is 21.1. The number of allylic oxidation sites excluding steroid dienone is 10. The van der Waals surface area contributed by atoms with Crippen molar-refractivity contribution in [2.24, 2.45) is 20.6 Å². The fraction of sp³-hybridized carbons (Fsp3) is 0.271. The first-order valence-corrected chi connectivity index (χ1v) is 44.4. The number of cyclic esters (lactones) is 4. The predicted molar refractivity (Wildman–Crippen MR) is 509 cm³/mol. The van der Waals surface area contributed by atoms with Gasteiger partial charge in [-0.1, -0.05) is 239 Å². The lowest BCUT2D eigenvalue weighted by Gasteiger charge is -2.19. The van der Waals surface area contributed by atoms with E-state index in [9.17, 15) is 69.6 Å². The zero-order chi connectivity index (χ0) is 95.9. The first-order valence-electron chi connectivity index (χ1n) is 44.4. The van der Waals surface area contributed by atoms with Crippen LogP contribution in [0.3, 0.4) is 0 Å². The van der Waals surface area contributed by atoms with Gasteiger partial charge in [-0.15, -0.1) is 0 Å². The molecule has 0 saturated heterocycles. The average Bonchev–Trinajstić information content (AvgIpc) is 0.820. The van der Waals surface area contributed by atoms with E-state index in [1.165, 1.54) is 38.5 Å². The number of phenolic OH excluding ortho intramolecular Hbond substituents is 8. The first kappa shape index (κ1) is 101. The van der Waals surface area contributed by atoms with E-state index in [1.54, 1.807) is 12.2 Å². The number of fused-ring (bicyclic) bond motifs is 4. The largest absolute Gasteiger partial charge is 0.508 e. The van der Waals surface area contributed by atoms with Gasteiger partial charge in [-0.3, -0.25) is 0 Å². The topological polar surface area (TPSA) is 406 Å². The van der Waals surface area contributed by atoms with Gasteiger partial charge in [0, 0.05) is 75.6 Å². The lowest BCUT2D eigenvalue weighted by Crippen LogP contribution is -2.16. The van der Waals surface area contributed by atoms with E-state index >= 15 is 0 Å². The molecule has 0 fully saturated rings. The third-order valence-corrected chi connectivity index (χ3v) is 21.1. The van der Waals surface area contributed by atoms with Gasteiger partial charge in [0.05, 0.1) is 37.1 Å². The minimum absolute atomic E-state index is 0.000991. The molecular formula is C107H112N4O24. The maximum Gasteiger partial charge on any atom is 0.346 e. The van der Waals surface area contributed by atoms with Gasteiger partial charge in [0.25, 0.3) is 0 Å². The van der Waals surface area contributed by atoms with Crippen molar-refractivity contribution in [3.63, 3.8) is 0 Å². The van der Waals surface area contributed by atoms with Gasteiger partial charge in [0.1, 0.15) is 106 Å². The van der Waals surface area contributed by atoms with Crippen molar-refractivity contribution in [1.29, 1.82) is 0 Å². The number of oxime groups is 4. The van der Waals surface area contributed by atoms with Crippen LogP contribution in [0.4, 0.5) is 0 Å². The van der Waals surface area contributed by atoms with E-state index in [0.29, 0.717) is 84.7 Å². The van der Waals surface area contributed by atoms with Crippen molar-refractivity contribution in [2.45, 2.75) is 154 Å². The number of benzene rings is 9. The Morgan fingerprint density at radius 1 is 0.333 bits per heavy atom.